The van der Waals surface area contributed by atoms with Crippen LogP contribution in [0.15, 0.2) is 11.6 Å². The summed E-state index contributed by atoms with van der Waals surface area (Å²) in [4.78, 5) is 0. The van der Waals surface area contributed by atoms with Gasteiger partial charge in [0.1, 0.15) is 0 Å². The van der Waals surface area contributed by atoms with Gasteiger partial charge >= 0.3 is 0 Å². The number of ether oxygens (including phenoxy) is 1. The normalized spacial score (nSPS) is 31.9. The molecule has 0 bridgehead atoms. The summed E-state index contributed by atoms with van der Waals surface area (Å²) in [7, 11) is 0. The van der Waals surface area contributed by atoms with Gasteiger partial charge in [-0.2, -0.15) is 11.8 Å². The number of allylic oxidation sites excluding steroid dienone is 1. The lowest BCUT2D eigenvalue weighted by atomic mass is 9.77. The molecule has 0 radical (unpaired) electrons. The summed E-state index contributed by atoms with van der Waals surface area (Å²) in [5.41, 5.74) is 8.38. The minimum atomic E-state index is 0.187. The van der Waals surface area contributed by atoms with Gasteiger partial charge in [-0.3, -0.25) is 0 Å². The number of rotatable bonds is 3. The van der Waals surface area contributed by atoms with Crippen molar-refractivity contribution in [1.29, 1.82) is 0 Å². The van der Waals surface area contributed by atoms with E-state index in [4.69, 9.17) is 10.5 Å². The molecule has 2 unspecified atom stereocenters. The summed E-state index contributed by atoms with van der Waals surface area (Å²) in [6.07, 6.45) is 13.8. The first-order chi connectivity index (χ1) is 9.77. The van der Waals surface area contributed by atoms with Crippen molar-refractivity contribution in [2.45, 2.75) is 69.4 Å². The van der Waals surface area contributed by atoms with Crippen molar-refractivity contribution in [2.24, 2.45) is 11.7 Å². The highest BCUT2D eigenvalue weighted by atomic mass is 32.2. The Bertz CT molecular complexity index is 343. The van der Waals surface area contributed by atoms with E-state index < -0.39 is 0 Å². The van der Waals surface area contributed by atoms with Gasteiger partial charge in [0, 0.05) is 12.6 Å². The molecule has 0 amide bonds. The largest absolute Gasteiger partial charge is 0.375 e. The summed E-state index contributed by atoms with van der Waals surface area (Å²) in [5.74, 6) is 3.22. The van der Waals surface area contributed by atoms with E-state index in [2.05, 4.69) is 17.8 Å². The van der Waals surface area contributed by atoms with Gasteiger partial charge in [-0.05, 0) is 75.2 Å². The van der Waals surface area contributed by atoms with Crippen LogP contribution in [0.5, 0.6) is 0 Å². The smallest absolute Gasteiger partial charge is 0.0701 e. The molecule has 1 aliphatic carbocycles. The summed E-state index contributed by atoms with van der Waals surface area (Å²) >= 11 is 2.08. The van der Waals surface area contributed by atoms with Crippen LogP contribution in [-0.4, -0.2) is 29.8 Å². The van der Waals surface area contributed by atoms with Crippen molar-refractivity contribution in [3.63, 3.8) is 0 Å². The van der Waals surface area contributed by atoms with E-state index in [-0.39, 0.29) is 5.60 Å². The predicted octanol–water partition coefficient (Wildman–Crippen LogP) is 3.90. The molecular formula is C17H29NOS. The molecule has 2 fully saturated rings. The van der Waals surface area contributed by atoms with E-state index in [0.717, 1.165) is 13.0 Å². The van der Waals surface area contributed by atoms with E-state index in [9.17, 15) is 0 Å². The summed E-state index contributed by atoms with van der Waals surface area (Å²) < 4.78 is 6.19. The van der Waals surface area contributed by atoms with Gasteiger partial charge in [-0.25, -0.2) is 0 Å². The monoisotopic (exact) mass is 295 g/mol. The molecule has 2 N–H and O–H groups in total. The molecule has 0 aromatic carbocycles. The Morgan fingerprint density at radius 3 is 2.95 bits per heavy atom. The van der Waals surface area contributed by atoms with Crippen LogP contribution in [0.25, 0.3) is 0 Å². The molecule has 2 atom stereocenters. The maximum atomic E-state index is 6.57. The lowest BCUT2D eigenvalue weighted by Gasteiger charge is -2.45. The lowest BCUT2D eigenvalue weighted by molar-refractivity contribution is -0.105. The van der Waals surface area contributed by atoms with Crippen molar-refractivity contribution in [1.82, 2.24) is 0 Å². The van der Waals surface area contributed by atoms with Gasteiger partial charge in [-0.15, -0.1) is 0 Å². The zero-order chi connectivity index (χ0) is 13.8. The Labute approximate surface area is 127 Å². The van der Waals surface area contributed by atoms with E-state index in [0.29, 0.717) is 12.0 Å². The topological polar surface area (TPSA) is 35.2 Å². The zero-order valence-electron chi connectivity index (χ0n) is 12.6. The molecule has 1 spiro atoms. The van der Waals surface area contributed by atoms with Crippen LogP contribution in [0, 0.1) is 5.92 Å². The minimum Gasteiger partial charge on any atom is -0.375 e. The van der Waals surface area contributed by atoms with Gasteiger partial charge in [0.25, 0.3) is 0 Å². The van der Waals surface area contributed by atoms with Gasteiger partial charge in [0.15, 0.2) is 0 Å². The molecule has 20 heavy (non-hydrogen) atoms. The van der Waals surface area contributed by atoms with Gasteiger partial charge in [0.2, 0.25) is 0 Å². The number of hydrogen-bond donors (Lipinski definition) is 1. The van der Waals surface area contributed by atoms with Crippen LogP contribution < -0.4 is 5.73 Å². The van der Waals surface area contributed by atoms with Crippen molar-refractivity contribution in [2.75, 3.05) is 18.1 Å². The maximum absolute atomic E-state index is 6.57. The number of nitrogens with two attached hydrogens (primary N) is 1. The average Bonchev–Trinajstić information content (AvgIpc) is 2.49. The third-order valence-corrected chi connectivity index (χ3v) is 6.41. The molecule has 0 saturated carbocycles. The first kappa shape index (κ1) is 14.9. The second kappa shape index (κ2) is 6.85. The summed E-state index contributed by atoms with van der Waals surface area (Å²) in [6, 6.07) is 0.356. The first-order valence-corrected chi connectivity index (χ1v) is 9.58. The van der Waals surface area contributed by atoms with Crippen molar-refractivity contribution >= 4 is 11.8 Å². The third-order valence-electron chi connectivity index (χ3n) is 5.42. The second-order valence-corrected chi connectivity index (χ2v) is 8.10. The SMILES string of the molecule is NC(CC1=CCCCC1)C1CCOC2(CCSCC2)C1. The zero-order valence-corrected chi connectivity index (χ0v) is 13.4. The highest BCUT2D eigenvalue weighted by molar-refractivity contribution is 7.99. The highest BCUT2D eigenvalue weighted by Gasteiger charge is 2.40. The molecule has 3 heteroatoms. The van der Waals surface area contributed by atoms with E-state index >= 15 is 0 Å². The van der Waals surface area contributed by atoms with Crippen LogP contribution in [0.3, 0.4) is 0 Å². The Morgan fingerprint density at radius 2 is 2.20 bits per heavy atom. The molecule has 3 rings (SSSR count). The molecule has 0 aromatic rings. The molecule has 2 heterocycles. The minimum absolute atomic E-state index is 0.187. The lowest BCUT2D eigenvalue weighted by Crippen LogP contribution is -2.47. The third kappa shape index (κ3) is 3.61. The van der Waals surface area contributed by atoms with Gasteiger partial charge < -0.3 is 10.5 Å². The average molecular weight is 295 g/mol. The Balaban J connectivity index is 1.56. The number of hydrogen-bond acceptors (Lipinski definition) is 3. The number of thioether (sulfide) groups is 1. The fourth-order valence-electron chi connectivity index (χ4n) is 4.08. The quantitative estimate of drug-likeness (QED) is 0.802. The molecule has 2 aliphatic heterocycles. The van der Waals surface area contributed by atoms with Gasteiger partial charge in [-0.1, -0.05) is 11.6 Å². The van der Waals surface area contributed by atoms with Crippen LogP contribution in [0.4, 0.5) is 0 Å². The summed E-state index contributed by atoms with van der Waals surface area (Å²) in [5, 5.41) is 0. The second-order valence-electron chi connectivity index (χ2n) is 6.87. The van der Waals surface area contributed by atoms with Crippen LogP contribution >= 0.6 is 11.8 Å². The van der Waals surface area contributed by atoms with Gasteiger partial charge in [0.05, 0.1) is 5.60 Å². The standard InChI is InChI=1S/C17H29NOS/c18-16(12-14-4-2-1-3-5-14)15-6-9-19-17(13-15)7-10-20-11-8-17/h4,15-16H,1-3,5-13,18H2. The van der Waals surface area contributed by atoms with Crippen molar-refractivity contribution < 1.29 is 4.74 Å². The molecule has 114 valence electrons. The van der Waals surface area contributed by atoms with Crippen LogP contribution in [-0.2, 0) is 4.74 Å². The summed E-state index contributed by atoms with van der Waals surface area (Å²) in [6.45, 7) is 0.933. The van der Waals surface area contributed by atoms with E-state index in [1.165, 1.54) is 62.9 Å². The van der Waals surface area contributed by atoms with Crippen molar-refractivity contribution in [3.05, 3.63) is 11.6 Å². The van der Waals surface area contributed by atoms with E-state index in [1.807, 2.05) is 0 Å². The first-order valence-electron chi connectivity index (χ1n) is 8.43. The molecule has 2 saturated heterocycles. The Morgan fingerprint density at radius 1 is 1.35 bits per heavy atom. The molecular weight excluding hydrogens is 266 g/mol. The predicted molar refractivity (Wildman–Crippen MR) is 87.1 cm³/mol. The van der Waals surface area contributed by atoms with Crippen molar-refractivity contribution in [3.8, 4) is 0 Å². The highest BCUT2D eigenvalue weighted by Crippen LogP contribution is 2.41. The fraction of sp³-hybridized carbons (Fsp3) is 0.882. The van der Waals surface area contributed by atoms with Crippen LogP contribution in [0.1, 0.15) is 57.8 Å². The Kier molecular flexibility index (Phi) is 5.11. The molecule has 0 aromatic heterocycles. The fourth-order valence-corrected chi connectivity index (χ4v) is 5.32. The van der Waals surface area contributed by atoms with E-state index in [1.54, 1.807) is 5.57 Å². The Hall–Kier alpha value is 0.01000. The molecule has 2 nitrogen and oxygen atoms in total. The molecule has 3 aliphatic rings. The maximum Gasteiger partial charge on any atom is 0.0701 e. The van der Waals surface area contributed by atoms with Crippen LogP contribution in [0.2, 0.25) is 0 Å².